The highest BCUT2D eigenvalue weighted by Gasteiger charge is 2.34. The highest BCUT2D eigenvalue weighted by molar-refractivity contribution is 8.27. The summed E-state index contributed by atoms with van der Waals surface area (Å²) in [5, 5.41) is 3.20. The molecule has 1 aliphatic heterocycles. The Morgan fingerprint density at radius 2 is 1.73 bits per heavy atom. The molecule has 1 heterocycles. The number of anilines is 1. The number of carbonyl (C=O) groups is 1. The van der Waals surface area contributed by atoms with E-state index in [4.69, 9.17) is 44.9 Å². The predicted molar refractivity (Wildman–Crippen MR) is 158 cm³/mol. The highest BCUT2D eigenvalue weighted by Crippen LogP contribution is 2.40. The van der Waals surface area contributed by atoms with E-state index < -0.39 is 0 Å². The minimum atomic E-state index is -0.242. The zero-order valence-electron chi connectivity index (χ0n) is 19.7. The van der Waals surface area contributed by atoms with Crippen LogP contribution in [-0.2, 0) is 11.4 Å². The lowest BCUT2D eigenvalue weighted by Crippen LogP contribution is -2.27. The maximum atomic E-state index is 13.2. The molecule has 1 aliphatic rings. The van der Waals surface area contributed by atoms with Crippen LogP contribution in [0.25, 0.3) is 16.8 Å². The molecule has 8 heteroatoms. The molecule has 0 N–H and O–H groups in total. The molecule has 5 rings (SSSR count). The highest BCUT2D eigenvalue weighted by atomic mass is 35.5. The number of halogens is 2. The second-order valence-electron chi connectivity index (χ2n) is 8.22. The number of carbonyl (C=O) groups excluding carboxylic acids is 1. The molecule has 4 nitrogen and oxygen atoms in total. The zero-order valence-corrected chi connectivity index (χ0v) is 22.9. The molecule has 37 heavy (non-hydrogen) atoms. The maximum Gasteiger partial charge on any atom is 0.270 e. The predicted octanol–water partition coefficient (Wildman–Crippen LogP) is 8.53. The van der Waals surface area contributed by atoms with Crippen molar-refractivity contribution in [1.82, 2.24) is 0 Å². The fraction of sp³-hybridized carbons (Fsp3) is 0.103. The van der Waals surface area contributed by atoms with Crippen LogP contribution in [0, 0.1) is 0 Å². The summed E-state index contributed by atoms with van der Waals surface area (Å²) in [6.07, 6.45) is 1.79. The summed E-state index contributed by atoms with van der Waals surface area (Å²) >= 11 is 19.0. The molecule has 0 unspecified atom stereocenters. The van der Waals surface area contributed by atoms with Gasteiger partial charge in [-0.1, -0.05) is 89.6 Å². The van der Waals surface area contributed by atoms with E-state index in [1.165, 1.54) is 27.4 Å². The van der Waals surface area contributed by atoms with E-state index in [1.807, 2.05) is 37.3 Å². The van der Waals surface area contributed by atoms with Gasteiger partial charge in [-0.2, -0.15) is 0 Å². The summed E-state index contributed by atoms with van der Waals surface area (Å²) in [7, 11) is 0. The Bertz CT molecular complexity index is 1550. The number of nitrogens with zero attached hydrogens (tertiary/aromatic N) is 1. The molecule has 4 aromatic carbocycles. The molecule has 0 radical (unpaired) electrons. The van der Waals surface area contributed by atoms with Gasteiger partial charge in [0.15, 0.2) is 15.8 Å². The Morgan fingerprint density at radius 3 is 2.51 bits per heavy atom. The van der Waals surface area contributed by atoms with Crippen molar-refractivity contribution in [3.63, 3.8) is 0 Å². The summed E-state index contributed by atoms with van der Waals surface area (Å²) in [4.78, 5) is 15.1. The number of ether oxygens (including phenoxy) is 2. The zero-order chi connectivity index (χ0) is 25.9. The molecule has 1 amide bonds. The number of thioether (sulfide) groups is 1. The van der Waals surface area contributed by atoms with E-state index in [9.17, 15) is 4.79 Å². The lowest BCUT2D eigenvalue weighted by atomic mass is 10.1. The van der Waals surface area contributed by atoms with Gasteiger partial charge in [0.05, 0.1) is 22.2 Å². The Hall–Kier alpha value is -3.03. The van der Waals surface area contributed by atoms with Crippen LogP contribution >= 0.6 is 47.2 Å². The van der Waals surface area contributed by atoms with E-state index >= 15 is 0 Å². The third kappa shape index (κ3) is 5.63. The molecule has 0 atom stereocenters. The van der Waals surface area contributed by atoms with Crippen molar-refractivity contribution in [3.05, 3.63) is 105 Å². The van der Waals surface area contributed by atoms with Gasteiger partial charge >= 0.3 is 0 Å². The molecule has 0 saturated carbocycles. The molecule has 4 aromatic rings. The number of rotatable bonds is 7. The molecule has 1 saturated heterocycles. The van der Waals surface area contributed by atoms with Crippen molar-refractivity contribution in [3.8, 4) is 11.5 Å². The second kappa shape index (κ2) is 11.2. The van der Waals surface area contributed by atoms with Crippen LogP contribution < -0.4 is 14.4 Å². The molecular weight excluding hydrogens is 545 g/mol. The van der Waals surface area contributed by atoms with E-state index in [2.05, 4.69) is 30.3 Å². The van der Waals surface area contributed by atoms with Gasteiger partial charge in [0, 0.05) is 5.02 Å². The Kier molecular flexibility index (Phi) is 7.72. The summed E-state index contributed by atoms with van der Waals surface area (Å²) < 4.78 is 12.4. The van der Waals surface area contributed by atoms with Crippen LogP contribution in [0.15, 0.2) is 83.8 Å². The fourth-order valence-electron chi connectivity index (χ4n) is 3.98. The normalized spacial score (nSPS) is 14.6. The van der Waals surface area contributed by atoms with Crippen LogP contribution in [-0.4, -0.2) is 16.8 Å². The molecule has 1 fully saturated rings. The van der Waals surface area contributed by atoms with Crippen LogP contribution in [0.3, 0.4) is 0 Å². The first-order valence-electron chi connectivity index (χ1n) is 11.5. The standard InChI is InChI=1S/C29H21Cl2NO3S2/c1-2-34-26-14-18(8-12-25(26)35-17-19-7-9-20-5-3-4-6-21(20)13-19)15-27-28(33)32(29(36)37-27)24-11-10-22(30)16-23(24)31/h3-16H,2,17H2,1H3/b27-15-. The third-order valence-corrected chi connectivity index (χ3v) is 7.56. The van der Waals surface area contributed by atoms with Crippen molar-refractivity contribution in [1.29, 1.82) is 0 Å². The first-order chi connectivity index (χ1) is 17.9. The molecule has 0 spiro atoms. The molecule has 0 bridgehead atoms. The Labute approximate surface area is 234 Å². The second-order valence-corrected chi connectivity index (χ2v) is 10.7. The summed E-state index contributed by atoms with van der Waals surface area (Å²) in [6.45, 7) is 2.80. The van der Waals surface area contributed by atoms with Gasteiger partial charge < -0.3 is 9.47 Å². The largest absolute Gasteiger partial charge is 0.490 e. The third-order valence-electron chi connectivity index (χ3n) is 5.72. The van der Waals surface area contributed by atoms with Gasteiger partial charge in [0.2, 0.25) is 0 Å². The van der Waals surface area contributed by atoms with Gasteiger partial charge in [-0.15, -0.1) is 0 Å². The molecule has 186 valence electrons. The fourth-order valence-corrected chi connectivity index (χ4v) is 5.76. The summed E-state index contributed by atoms with van der Waals surface area (Å²) in [5.74, 6) is 0.995. The van der Waals surface area contributed by atoms with Crippen LogP contribution in [0.4, 0.5) is 5.69 Å². The summed E-state index contributed by atoms with van der Waals surface area (Å²) in [6, 6.07) is 25.1. The first kappa shape index (κ1) is 25.6. The van der Waals surface area contributed by atoms with Crippen molar-refractivity contribution in [2.24, 2.45) is 0 Å². The van der Waals surface area contributed by atoms with E-state index in [0.29, 0.717) is 49.7 Å². The van der Waals surface area contributed by atoms with Crippen molar-refractivity contribution in [2.45, 2.75) is 13.5 Å². The average Bonchev–Trinajstić information content (AvgIpc) is 3.16. The molecule has 0 aliphatic carbocycles. The number of thiocarbonyl (C=S) groups is 1. The molecule has 0 aromatic heterocycles. The monoisotopic (exact) mass is 565 g/mol. The lowest BCUT2D eigenvalue weighted by Gasteiger charge is -2.16. The minimum Gasteiger partial charge on any atom is -0.490 e. The van der Waals surface area contributed by atoms with Crippen molar-refractivity contribution in [2.75, 3.05) is 11.5 Å². The van der Waals surface area contributed by atoms with E-state index in [0.717, 1.165) is 11.1 Å². The van der Waals surface area contributed by atoms with E-state index in [-0.39, 0.29) is 5.91 Å². The van der Waals surface area contributed by atoms with Crippen molar-refractivity contribution < 1.29 is 14.3 Å². The first-order valence-corrected chi connectivity index (χ1v) is 13.5. The summed E-state index contributed by atoms with van der Waals surface area (Å²) in [5.41, 5.74) is 2.36. The Balaban J connectivity index is 1.36. The molecular formula is C29H21Cl2NO3S2. The number of amides is 1. The van der Waals surface area contributed by atoms with E-state index in [1.54, 1.807) is 24.3 Å². The number of benzene rings is 4. The number of hydrogen-bond acceptors (Lipinski definition) is 5. The Morgan fingerprint density at radius 1 is 0.919 bits per heavy atom. The average molecular weight is 567 g/mol. The van der Waals surface area contributed by atoms with Crippen LogP contribution in [0.2, 0.25) is 10.0 Å². The quantitative estimate of drug-likeness (QED) is 0.166. The van der Waals surface area contributed by atoms with Gasteiger partial charge in [-0.25, -0.2) is 0 Å². The van der Waals surface area contributed by atoms with Crippen LogP contribution in [0.1, 0.15) is 18.1 Å². The number of fused-ring (bicyclic) bond motifs is 1. The van der Waals surface area contributed by atoms with Crippen molar-refractivity contribution >= 4 is 79.9 Å². The maximum absolute atomic E-state index is 13.2. The lowest BCUT2D eigenvalue weighted by molar-refractivity contribution is -0.113. The minimum absolute atomic E-state index is 0.242. The smallest absolute Gasteiger partial charge is 0.270 e. The SMILES string of the molecule is CCOc1cc(/C=C2\SC(=S)N(c3ccc(Cl)cc3Cl)C2=O)ccc1OCc1ccc2ccccc2c1. The van der Waals surface area contributed by atoms with Gasteiger partial charge in [0.25, 0.3) is 5.91 Å². The van der Waals surface area contributed by atoms with Gasteiger partial charge in [0.1, 0.15) is 6.61 Å². The van der Waals surface area contributed by atoms with Gasteiger partial charge in [-0.3, -0.25) is 9.69 Å². The topological polar surface area (TPSA) is 38.8 Å². The van der Waals surface area contributed by atoms with Crippen LogP contribution in [0.5, 0.6) is 11.5 Å². The number of hydrogen-bond donors (Lipinski definition) is 0. The van der Waals surface area contributed by atoms with Gasteiger partial charge in [-0.05, 0) is 71.3 Å².